The molecule has 7 saturated heterocycles. The van der Waals surface area contributed by atoms with Gasteiger partial charge < -0.3 is 4.90 Å². The Morgan fingerprint density at radius 2 is 1.21 bits per heavy atom. The van der Waals surface area contributed by atoms with E-state index < -0.39 is 0 Å². The second kappa shape index (κ2) is 8.48. The third kappa shape index (κ3) is 3.40. The molecule has 8 aliphatic rings. The van der Waals surface area contributed by atoms with E-state index in [4.69, 9.17) is 0 Å². The summed E-state index contributed by atoms with van der Waals surface area (Å²) in [5, 5.41) is 0. The van der Waals surface area contributed by atoms with E-state index in [1.165, 1.54) is 116 Å². The van der Waals surface area contributed by atoms with Crippen molar-refractivity contribution >= 4 is 0 Å². The molecule has 0 saturated carbocycles. The van der Waals surface area contributed by atoms with Crippen molar-refractivity contribution in [2.24, 2.45) is 23.7 Å². The lowest BCUT2D eigenvalue weighted by atomic mass is 9.68. The highest BCUT2D eigenvalue weighted by atomic mass is 15.3. The van der Waals surface area contributed by atoms with Crippen molar-refractivity contribution in [1.82, 2.24) is 19.6 Å². The van der Waals surface area contributed by atoms with Crippen molar-refractivity contribution in [3.05, 3.63) is 11.8 Å². The van der Waals surface area contributed by atoms with Crippen molar-refractivity contribution < 1.29 is 0 Å². The molecular formula is C30H48N4. The molecule has 4 nitrogen and oxygen atoms in total. The molecule has 8 heterocycles. The highest BCUT2D eigenvalue weighted by molar-refractivity contribution is 5.20. The van der Waals surface area contributed by atoms with E-state index in [2.05, 4.69) is 25.8 Å². The first-order valence-corrected chi connectivity index (χ1v) is 15.5. The number of hydrogen-bond acceptors (Lipinski definition) is 4. The van der Waals surface area contributed by atoms with Gasteiger partial charge in [-0.2, -0.15) is 0 Å². The van der Waals surface area contributed by atoms with E-state index in [0.717, 1.165) is 53.9 Å². The van der Waals surface area contributed by atoms with E-state index in [1.807, 2.05) is 5.57 Å². The summed E-state index contributed by atoms with van der Waals surface area (Å²) in [6, 6.07) is 4.32. The number of fused-ring (bicyclic) bond motifs is 12. The van der Waals surface area contributed by atoms with Crippen LogP contribution in [0.4, 0.5) is 0 Å². The summed E-state index contributed by atoms with van der Waals surface area (Å²) in [7, 11) is 0. The topological polar surface area (TPSA) is 13.0 Å². The van der Waals surface area contributed by atoms with Crippen LogP contribution in [-0.4, -0.2) is 89.1 Å². The minimum atomic E-state index is 0.771. The first kappa shape index (κ1) is 21.5. The zero-order valence-corrected chi connectivity index (χ0v) is 21.5. The Hall–Kier alpha value is -0.580. The van der Waals surface area contributed by atoms with Gasteiger partial charge in [-0.25, -0.2) is 0 Å². The monoisotopic (exact) mass is 464 g/mol. The molecule has 188 valence electrons. The summed E-state index contributed by atoms with van der Waals surface area (Å²) in [6.45, 7) is 8.40. The van der Waals surface area contributed by atoms with E-state index in [-0.39, 0.29) is 0 Å². The third-order valence-electron chi connectivity index (χ3n) is 12.3. The Morgan fingerprint density at radius 1 is 0.559 bits per heavy atom. The summed E-state index contributed by atoms with van der Waals surface area (Å²) in [5.41, 5.74) is 1.85. The van der Waals surface area contributed by atoms with Gasteiger partial charge in [-0.3, -0.25) is 14.7 Å². The highest BCUT2D eigenvalue weighted by Crippen LogP contribution is 2.48. The van der Waals surface area contributed by atoms with Gasteiger partial charge in [-0.1, -0.05) is 12.8 Å². The van der Waals surface area contributed by atoms with Gasteiger partial charge in [-0.15, -0.1) is 0 Å². The molecule has 34 heavy (non-hydrogen) atoms. The number of nitrogens with zero attached hydrogens (tertiary/aromatic N) is 4. The molecule has 0 aromatic rings. The summed E-state index contributed by atoms with van der Waals surface area (Å²) in [5.74, 6) is 3.80. The fourth-order valence-corrected chi connectivity index (χ4v) is 10.9. The van der Waals surface area contributed by atoms with Crippen LogP contribution in [0, 0.1) is 23.7 Å². The first-order chi connectivity index (χ1) is 16.8. The Kier molecular flexibility index (Phi) is 5.36. The van der Waals surface area contributed by atoms with Crippen LogP contribution in [0.25, 0.3) is 0 Å². The molecule has 8 rings (SSSR count). The summed E-state index contributed by atoms with van der Waals surface area (Å²) >= 11 is 0. The Labute approximate surface area is 208 Å². The standard InChI is InChI=1S/C30H48N4/c1-3-12-31-17-22-14-23(26(31)6-1)19-33-16-21(10-11-28(22)33)29-8-5-9-30-24-15-25(20-34(29)30)27-7-2-4-13-32(27)18-24/h16,22-30H,1-15,17-20H2/t22-,23-,24+,25-,26?,27?,28?,29?,30?/m0/s1. The molecule has 0 amide bonds. The predicted octanol–water partition coefficient (Wildman–Crippen LogP) is 4.57. The van der Waals surface area contributed by atoms with Gasteiger partial charge in [0, 0.05) is 62.6 Å². The van der Waals surface area contributed by atoms with Gasteiger partial charge >= 0.3 is 0 Å². The molecule has 0 spiro atoms. The van der Waals surface area contributed by atoms with E-state index in [0.29, 0.717) is 0 Å². The SMILES string of the molecule is C1=C(C2CCCC3[C@@H]4C[C@@H](CN23)C2CCCCN2C4)CCC2[C@H]3C[C@@H](CN12)C1CCCCN1C3. The van der Waals surface area contributed by atoms with Crippen molar-refractivity contribution in [3.8, 4) is 0 Å². The number of piperidine rings is 7. The molecule has 0 aliphatic carbocycles. The smallest absolute Gasteiger partial charge is 0.0328 e. The van der Waals surface area contributed by atoms with Gasteiger partial charge in [0.15, 0.2) is 0 Å². The van der Waals surface area contributed by atoms with Crippen LogP contribution in [-0.2, 0) is 0 Å². The summed E-state index contributed by atoms with van der Waals surface area (Å²) in [6.07, 6.45) is 21.9. The summed E-state index contributed by atoms with van der Waals surface area (Å²) in [4.78, 5) is 11.9. The normalized spacial score (nSPS) is 49.4. The highest BCUT2D eigenvalue weighted by Gasteiger charge is 2.50. The average molecular weight is 465 g/mol. The Morgan fingerprint density at radius 3 is 1.97 bits per heavy atom. The van der Waals surface area contributed by atoms with E-state index in [1.54, 1.807) is 6.42 Å². The molecule has 0 radical (unpaired) electrons. The minimum Gasteiger partial charge on any atom is -0.374 e. The van der Waals surface area contributed by atoms with Gasteiger partial charge in [0.1, 0.15) is 0 Å². The van der Waals surface area contributed by atoms with Crippen LogP contribution in [0.2, 0.25) is 0 Å². The van der Waals surface area contributed by atoms with Crippen LogP contribution in [0.5, 0.6) is 0 Å². The van der Waals surface area contributed by atoms with Crippen LogP contribution in [0.1, 0.15) is 83.5 Å². The maximum absolute atomic E-state index is 3.11. The van der Waals surface area contributed by atoms with Crippen LogP contribution in [0.15, 0.2) is 11.8 Å². The third-order valence-corrected chi connectivity index (χ3v) is 12.3. The molecule has 0 aromatic heterocycles. The molecule has 0 N–H and O–H groups in total. The van der Waals surface area contributed by atoms with Crippen LogP contribution >= 0.6 is 0 Å². The van der Waals surface area contributed by atoms with Gasteiger partial charge in [0.2, 0.25) is 0 Å². The second-order valence-electron chi connectivity index (χ2n) is 13.8. The fourth-order valence-electron chi connectivity index (χ4n) is 10.9. The lowest BCUT2D eigenvalue weighted by Crippen LogP contribution is -2.65. The molecular weight excluding hydrogens is 416 g/mol. The zero-order valence-electron chi connectivity index (χ0n) is 21.5. The second-order valence-corrected chi connectivity index (χ2v) is 13.8. The Bertz CT molecular complexity index is 810. The van der Waals surface area contributed by atoms with E-state index in [9.17, 15) is 0 Å². The molecule has 5 unspecified atom stereocenters. The summed E-state index contributed by atoms with van der Waals surface area (Å²) < 4.78 is 0. The van der Waals surface area contributed by atoms with Crippen LogP contribution < -0.4 is 0 Å². The molecule has 7 fully saturated rings. The maximum Gasteiger partial charge on any atom is 0.0328 e. The molecule has 9 atom stereocenters. The maximum atomic E-state index is 3.11. The fraction of sp³-hybridized carbons (Fsp3) is 0.933. The van der Waals surface area contributed by atoms with Gasteiger partial charge in [0.25, 0.3) is 0 Å². The molecule has 4 bridgehead atoms. The first-order valence-electron chi connectivity index (χ1n) is 15.5. The molecule has 4 heteroatoms. The van der Waals surface area contributed by atoms with Gasteiger partial charge in [-0.05, 0) is 113 Å². The molecule has 8 aliphatic heterocycles. The van der Waals surface area contributed by atoms with Crippen LogP contribution in [0.3, 0.4) is 0 Å². The number of rotatable bonds is 1. The lowest BCUT2D eigenvalue weighted by molar-refractivity contribution is -0.0867. The predicted molar refractivity (Wildman–Crippen MR) is 138 cm³/mol. The van der Waals surface area contributed by atoms with Gasteiger partial charge in [0.05, 0.1) is 0 Å². The van der Waals surface area contributed by atoms with Crippen molar-refractivity contribution in [2.45, 2.75) is 114 Å². The van der Waals surface area contributed by atoms with Crippen molar-refractivity contribution in [1.29, 1.82) is 0 Å². The largest absolute Gasteiger partial charge is 0.374 e. The quantitative estimate of drug-likeness (QED) is 0.564. The number of hydrogen-bond donors (Lipinski definition) is 0. The Balaban J connectivity index is 1.03. The molecule has 0 aromatic carbocycles. The average Bonchev–Trinajstić information content (AvgIpc) is 2.88. The van der Waals surface area contributed by atoms with E-state index >= 15 is 0 Å². The van der Waals surface area contributed by atoms with Crippen molar-refractivity contribution in [3.63, 3.8) is 0 Å². The lowest BCUT2D eigenvalue weighted by Gasteiger charge is -2.60. The minimum absolute atomic E-state index is 0.771. The zero-order chi connectivity index (χ0) is 22.2. The van der Waals surface area contributed by atoms with Crippen molar-refractivity contribution in [2.75, 3.05) is 39.3 Å².